The van der Waals surface area contributed by atoms with Gasteiger partial charge in [0.25, 0.3) is 0 Å². The predicted molar refractivity (Wildman–Crippen MR) is 102 cm³/mol. The zero-order chi connectivity index (χ0) is 15.2. The quantitative estimate of drug-likeness (QED) is 0.263. The molecule has 1 aromatic carbocycles. The Kier molecular flexibility index (Phi) is 14.5. The maximum Gasteiger partial charge on any atom is 0.190 e. The fourth-order valence-corrected chi connectivity index (χ4v) is 1.82. The minimum Gasteiger partial charge on any atom is -0.382 e. The van der Waals surface area contributed by atoms with Crippen LogP contribution in [0, 0.1) is 0 Å². The van der Waals surface area contributed by atoms with Gasteiger partial charge in [0, 0.05) is 33.9 Å². The Labute approximate surface area is 150 Å². The van der Waals surface area contributed by atoms with Crippen LogP contribution in [0.4, 0.5) is 0 Å². The van der Waals surface area contributed by atoms with Crippen molar-refractivity contribution in [2.75, 3.05) is 47.1 Å². The third-order valence-corrected chi connectivity index (χ3v) is 2.96. The Morgan fingerprint density at radius 1 is 1.05 bits per heavy atom. The summed E-state index contributed by atoms with van der Waals surface area (Å²) >= 11 is 0. The predicted octanol–water partition coefficient (Wildman–Crippen LogP) is 2.07. The minimum absolute atomic E-state index is 0. The molecule has 0 spiro atoms. The van der Waals surface area contributed by atoms with E-state index in [9.17, 15) is 0 Å². The molecule has 1 aromatic rings. The maximum atomic E-state index is 5.40. The van der Waals surface area contributed by atoms with Gasteiger partial charge in [0.2, 0.25) is 0 Å². The second-order valence-electron chi connectivity index (χ2n) is 4.62. The summed E-state index contributed by atoms with van der Waals surface area (Å²) in [5, 5.41) is 6.58. The average molecular weight is 421 g/mol. The van der Waals surface area contributed by atoms with E-state index in [1.165, 1.54) is 5.56 Å². The van der Waals surface area contributed by atoms with Crippen LogP contribution in [0.2, 0.25) is 0 Å². The summed E-state index contributed by atoms with van der Waals surface area (Å²) < 4.78 is 10.3. The van der Waals surface area contributed by atoms with Crippen LogP contribution in [0.3, 0.4) is 0 Å². The number of hydrogen-bond donors (Lipinski definition) is 2. The van der Waals surface area contributed by atoms with Gasteiger partial charge in [-0.1, -0.05) is 30.3 Å². The number of hydrogen-bond acceptors (Lipinski definition) is 3. The second-order valence-corrected chi connectivity index (χ2v) is 4.62. The topological polar surface area (TPSA) is 54.9 Å². The number of methoxy groups -OCH3 is 1. The van der Waals surface area contributed by atoms with E-state index in [2.05, 4.69) is 39.9 Å². The minimum atomic E-state index is 0. The number of nitrogens with zero attached hydrogens (tertiary/aromatic N) is 1. The van der Waals surface area contributed by atoms with E-state index < -0.39 is 0 Å². The molecule has 0 atom stereocenters. The molecule has 126 valence electrons. The average Bonchev–Trinajstić information content (AvgIpc) is 2.53. The standard InChI is InChI=1S/C16H27N3O2.HI/c1-17-16(18-10-6-12-21-14-13-20-2)19-11-9-15-7-4-3-5-8-15;/h3-5,7-8H,6,9-14H2,1-2H3,(H2,17,18,19);1H. The zero-order valence-electron chi connectivity index (χ0n) is 13.5. The number of halogens is 1. The molecule has 0 aliphatic heterocycles. The number of nitrogens with one attached hydrogen (secondary N) is 2. The van der Waals surface area contributed by atoms with Crippen LogP contribution >= 0.6 is 24.0 Å². The van der Waals surface area contributed by atoms with Crippen molar-refractivity contribution in [1.82, 2.24) is 10.6 Å². The first-order valence-corrected chi connectivity index (χ1v) is 7.42. The summed E-state index contributed by atoms with van der Waals surface area (Å²) in [7, 11) is 3.46. The second kappa shape index (κ2) is 15.1. The largest absolute Gasteiger partial charge is 0.382 e. The first kappa shape index (κ1) is 21.1. The van der Waals surface area contributed by atoms with Crippen molar-refractivity contribution in [3.05, 3.63) is 35.9 Å². The van der Waals surface area contributed by atoms with Crippen LogP contribution in [-0.2, 0) is 15.9 Å². The monoisotopic (exact) mass is 421 g/mol. The molecule has 1 rings (SSSR count). The van der Waals surface area contributed by atoms with Gasteiger partial charge in [-0.3, -0.25) is 4.99 Å². The number of ether oxygens (including phenoxy) is 2. The van der Waals surface area contributed by atoms with Gasteiger partial charge in [-0.05, 0) is 18.4 Å². The number of rotatable bonds is 10. The molecule has 0 radical (unpaired) electrons. The lowest BCUT2D eigenvalue weighted by atomic mass is 10.1. The zero-order valence-corrected chi connectivity index (χ0v) is 15.8. The highest BCUT2D eigenvalue weighted by molar-refractivity contribution is 14.0. The molecule has 0 aliphatic carbocycles. The summed E-state index contributed by atoms with van der Waals surface area (Å²) in [6.07, 6.45) is 1.94. The summed E-state index contributed by atoms with van der Waals surface area (Å²) in [5.74, 6) is 0.836. The van der Waals surface area contributed by atoms with Crippen LogP contribution in [0.1, 0.15) is 12.0 Å². The molecule has 6 heteroatoms. The Bertz CT molecular complexity index is 388. The summed E-state index contributed by atoms with van der Waals surface area (Å²) in [4.78, 5) is 4.20. The highest BCUT2D eigenvalue weighted by Crippen LogP contribution is 1.97. The van der Waals surface area contributed by atoms with Gasteiger partial charge in [-0.25, -0.2) is 0 Å². The van der Waals surface area contributed by atoms with Crippen molar-refractivity contribution in [2.24, 2.45) is 4.99 Å². The normalized spacial score (nSPS) is 10.9. The molecule has 5 nitrogen and oxygen atoms in total. The van der Waals surface area contributed by atoms with Crippen LogP contribution in [0.25, 0.3) is 0 Å². The Morgan fingerprint density at radius 2 is 1.77 bits per heavy atom. The van der Waals surface area contributed by atoms with E-state index in [0.29, 0.717) is 13.2 Å². The molecular weight excluding hydrogens is 393 g/mol. The van der Waals surface area contributed by atoms with Crippen LogP contribution in [0.15, 0.2) is 35.3 Å². The molecule has 0 aliphatic rings. The van der Waals surface area contributed by atoms with Crippen LogP contribution in [0.5, 0.6) is 0 Å². The van der Waals surface area contributed by atoms with Crippen molar-refractivity contribution in [3.8, 4) is 0 Å². The molecule has 0 fully saturated rings. The molecule has 0 saturated carbocycles. The van der Waals surface area contributed by atoms with Gasteiger partial charge in [0.1, 0.15) is 0 Å². The first-order valence-electron chi connectivity index (χ1n) is 7.42. The fourth-order valence-electron chi connectivity index (χ4n) is 1.82. The van der Waals surface area contributed by atoms with Crippen LogP contribution in [-0.4, -0.2) is 53.0 Å². The molecule has 0 unspecified atom stereocenters. The highest BCUT2D eigenvalue weighted by Gasteiger charge is 1.97. The van der Waals surface area contributed by atoms with E-state index in [1.807, 2.05) is 6.07 Å². The van der Waals surface area contributed by atoms with Gasteiger partial charge >= 0.3 is 0 Å². The van der Waals surface area contributed by atoms with Gasteiger partial charge in [-0.15, -0.1) is 24.0 Å². The van der Waals surface area contributed by atoms with Gasteiger partial charge in [-0.2, -0.15) is 0 Å². The van der Waals surface area contributed by atoms with Gasteiger partial charge in [0.05, 0.1) is 13.2 Å². The lowest BCUT2D eigenvalue weighted by Crippen LogP contribution is -2.39. The molecule has 0 bridgehead atoms. The van der Waals surface area contributed by atoms with E-state index in [-0.39, 0.29) is 24.0 Å². The Balaban J connectivity index is 0.00000441. The Morgan fingerprint density at radius 3 is 2.45 bits per heavy atom. The molecule has 0 aromatic heterocycles. The SMILES string of the molecule is CN=C(NCCCOCCOC)NCCc1ccccc1.I. The van der Waals surface area contributed by atoms with Crippen molar-refractivity contribution in [3.63, 3.8) is 0 Å². The summed E-state index contributed by atoms with van der Waals surface area (Å²) in [5.41, 5.74) is 1.33. The molecule has 0 heterocycles. The molecular formula is C16H28IN3O2. The Hall–Kier alpha value is -0.860. The lowest BCUT2D eigenvalue weighted by Gasteiger charge is -2.12. The summed E-state index contributed by atoms with van der Waals surface area (Å²) in [6, 6.07) is 10.4. The van der Waals surface area contributed by atoms with E-state index in [0.717, 1.165) is 38.5 Å². The van der Waals surface area contributed by atoms with Gasteiger partial charge in [0.15, 0.2) is 5.96 Å². The first-order chi connectivity index (χ1) is 10.4. The van der Waals surface area contributed by atoms with Crippen molar-refractivity contribution in [2.45, 2.75) is 12.8 Å². The van der Waals surface area contributed by atoms with Crippen molar-refractivity contribution >= 4 is 29.9 Å². The number of aliphatic imine (C=N–C) groups is 1. The summed E-state index contributed by atoms with van der Waals surface area (Å²) in [6.45, 7) is 3.75. The maximum absolute atomic E-state index is 5.40. The third kappa shape index (κ3) is 10.8. The van der Waals surface area contributed by atoms with E-state index in [4.69, 9.17) is 9.47 Å². The van der Waals surface area contributed by atoms with E-state index >= 15 is 0 Å². The molecule has 22 heavy (non-hydrogen) atoms. The highest BCUT2D eigenvalue weighted by atomic mass is 127. The number of guanidine groups is 1. The number of benzene rings is 1. The van der Waals surface area contributed by atoms with Gasteiger partial charge < -0.3 is 20.1 Å². The van der Waals surface area contributed by atoms with E-state index in [1.54, 1.807) is 14.2 Å². The van der Waals surface area contributed by atoms with Crippen molar-refractivity contribution < 1.29 is 9.47 Å². The van der Waals surface area contributed by atoms with Crippen LogP contribution < -0.4 is 10.6 Å². The molecule has 2 N–H and O–H groups in total. The smallest absolute Gasteiger partial charge is 0.190 e. The van der Waals surface area contributed by atoms with Crippen molar-refractivity contribution in [1.29, 1.82) is 0 Å². The molecule has 0 saturated heterocycles. The molecule has 0 amide bonds. The lowest BCUT2D eigenvalue weighted by molar-refractivity contribution is 0.0698. The third-order valence-electron chi connectivity index (χ3n) is 2.96. The fraction of sp³-hybridized carbons (Fsp3) is 0.562.